The number of unbranched alkanes of at least 4 members (excludes halogenated alkanes) is 1. The SMILES string of the molecule is CCCCOCc1cc(C)cc(C)c1. The minimum atomic E-state index is 0.752. The average molecular weight is 192 g/mol. The molecule has 0 radical (unpaired) electrons. The molecule has 1 aromatic rings. The molecule has 0 aliphatic heterocycles. The zero-order valence-electron chi connectivity index (χ0n) is 9.47. The zero-order valence-corrected chi connectivity index (χ0v) is 9.47. The molecule has 0 fully saturated rings. The lowest BCUT2D eigenvalue weighted by Crippen LogP contribution is -1.95. The van der Waals surface area contributed by atoms with E-state index in [1.54, 1.807) is 0 Å². The molecule has 0 aliphatic carbocycles. The Kier molecular flexibility index (Phi) is 4.68. The first kappa shape index (κ1) is 11.3. The molecule has 0 atom stereocenters. The molecule has 0 aliphatic rings. The van der Waals surface area contributed by atoms with Crippen molar-refractivity contribution < 1.29 is 4.74 Å². The number of ether oxygens (including phenoxy) is 1. The first-order valence-corrected chi connectivity index (χ1v) is 5.37. The maximum Gasteiger partial charge on any atom is 0.0717 e. The maximum absolute atomic E-state index is 5.57. The van der Waals surface area contributed by atoms with E-state index in [1.165, 1.54) is 23.1 Å². The molecule has 1 heteroatoms. The summed E-state index contributed by atoms with van der Waals surface area (Å²) in [6.07, 6.45) is 2.36. The van der Waals surface area contributed by atoms with Crippen LogP contribution in [0, 0.1) is 13.8 Å². The van der Waals surface area contributed by atoms with Crippen molar-refractivity contribution in [1.29, 1.82) is 0 Å². The Hall–Kier alpha value is -0.820. The van der Waals surface area contributed by atoms with Gasteiger partial charge in [-0.2, -0.15) is 0 Å². The van der Waals surface area contributed by atoms with Gasteiger partial charge in [-0.3, -0.25) is 0 Å². The highest BCUT2D eigenvalue weighted by Crippen LogP contribution is 2.09. The smallest absolute Gasteiger partial charge is 0.0717 e. The summed E-state index contributed by atoms with van der Waals surface area (Å²) in [5, 5.41) is 0. The molecule has 1 rings (SSSR count). The fraction of sp³-hybridized carbons (Fsp3) is 0.538. The lowest BCUT2D eigenvalue weighted by Gasteiger charge is -2.05. The molecule has 0 bridgehead atoms. The van der Waals surface area contributed by atoms with Crippen molar-refractivity contribution in [3.05, 3.63) is 34.9 Å². The largest absolute Gasteiger partial charge is 0.377 e. The molecular formula is C13H20O. The Bertz CT molecular complexity index is 258. The van der Waals surface area contributed by atoms with Crippen molar-refractivity contribution in [2.75, 3.05) is 6.61 Å². The number of hydrogen-bond acceptors (Lipinski definition) is 1. The van der Waals surface area contributed by atoms with E-state index in [1.807, 2.05) is 0 Å². The molecule has 0 spiro atoms. The third-order valence-corrected chi connectivity index (χ3v) is 2.19. The van der Waals surface area contributed by atoms with Gasteiger partial charge in [0.2, 0.25) is 0 Å². The van der Waals surface area contributed by atoms with E-state index in [2.05, 4.69) is 39.0 Å². The minimum Gasteiger partial charge on any atom is -0.377 e. The van der Waals surface area contributed by atoms with E-state index in [4.69, 9.17) is 4.74 Å². The molecule has 1 aromatic carbocycles. The first-order chi connectivity index (χ1) is 6.72. The number of rotatable bonds is 5. The second-order valence-electron chi connectivity index (χ2n) is 3.90. The van der Waals surface area contributed by atoms with E-state index in [0.29, 0.717) is 0 Å². The molecule has 0 saturated carbocycles. The molecule has 0 N–H and O–H groups in total. The topological polar surface area (TPSA) is 9.23 Å². The Balaban J connectivity index is 2.42. The van der Waals surface area contributed by atoms with Crippen LogP contribution in [-0.4, -0.2) is 6.61 Å². The summed E-state index contributed by atoms with van der Waals surface area (Å²) in [5.41, 5.74) is 3.93. The van der Waals surface area contributed by atoms with Gasteiger partial charge in [0.15, 0.2) is 0 Å². The van der Waals surface area contributed by atoms with Gasteiger partial charge >= 0.3 is 0 Å². The lowest BCUT2D eigenvalue weighted by atomic mass is 10.1. The Morgan fingerprint density at radius 1 is 1.07 bits per heavy atom. The van der Waals surface area contributed by atoms with Crippen molar-refractivity contribution in [2.45, 2.75) is 40.2 Å². The highest BCUT2D eigenvalue weighted by Gasteiger charge is 1.95. The van der Waals surface area contributed by atoms with Crippen LogP contribution in [0.5, 0.6) is 0 Å². The Morgan fingerprint density at radius 2 is 1.71 bits per heavy atom. The molecule has 0 heterocycles. The van der Waals surface area contributed by atoms with E-state index < -0.39 is 0 Å². The standard InChI is InChI=1S/C13H20O/c1-4-5-6-14-10-13-8-11(2)7-12(3)9-13/h7-9H,4-6,10H2,1-3H3. The quantitative estimate of drug-likeness (QED) is 0.647. The van der Waals surface area contributed by atoms with Gasteiger partial charge in [0.1, 0.15) is 0 Å². The van der Waals surface area contributed by atoms with Crippen LogP contribution in [-0.2, 0) is 11.3 Å². The Labute approximate surface area is 87.1 Å². The van der Waals surface area contributed by atoms with Gasteiger partial charge < -0.3 is 4.74 Å². The van der Waals surface area contributed by atoms with Gasteiger partial charge in [0, 0.05) is 6.61 Å². The van der Waals surface area contributed by atoms with Crippen LogP contribution in [0.4, 0.5) is 0 Å². The number of hydrogen-bond donors (Lipinski definition) is 0. The summed E-state index contributed by atoms with van der Waals surface area (Å²) in [4.78, 5) is 0. The van der Waals surface area contributed by atoms with Crippen LogP contribution in [0.3, 0.4) is 0 Å². The molecule has 0 aromatic heterocycles. The van der Waals surface area contributed by atoms with E-state index in [-0.39, 0.29) is 0 Å². The van der Waals surface area contributed by atoms with Crippen molar-refractivity contribution in [2.24, 2.45) is 0 Å². The molecule has 0 unspecified atom stereocenters. The minimum absolute atomic E-state index is 0.752. The predicted molar refractivity (Wildman–Crippen MR) is 60.5 cm³/mol. The molecule has 78 valence electrons. The fourth-order valence-corrected chi connectivity index (χ4v) is 1.59. The van der Waals surface area contributed by atoms with Gasteiger partial charge in [-0.25, -0.2) is 0 Å². The van der Waals surface area contributed by atoms with Crippen molar-refractivity contribution in [3.63, 3.8) is 0 Å². The molecule has 0 saturated heterocycles. The monoisotopic (exact) mass is 192 g/mol. The molecule has 1 nitrogen and oxygen atoms in total. The highest BCUT2D eigenvalue weighted by molar-refractivity contribution is 5.27. The van der Waals surface area contributed by atoms with Crippen LogP contribution in [0.15, 0.2) is 18.2 Å². The van der Waals surface area contributed by atoms with Crippen LogP contribution in [0.25, 0.3) is 0 Å². The summed E-state index contributed by atoms with van der Waals surface area (Å²) < 4.78 is 5.57. The van der Waals surface area contributed by atoms with Crippen molar-refractivity contribution in [3.8, 4) is 0 Å². The van der Waals surface area contributed by atoms with Gasteiger partial charge in [0.25, 0.3) is 0 Å². The number of benzene rings is 1. The highest BCUT2D eigenvalue weighted by atomic mass is 16.5. The average Bonchev–Trinajstić information content (AvgIpc) is 2.11. The molecular weight excluding hydrogens is 172 g/mol. The fourth-order valence-electron chi connectivity index (χ4n) is 1.59. The van der Waals surface area contributed by atoms with E-state index >= 15 is 0 Å². The van der Waals surface area contributed by atoms with Gasteiger partial charge in [-0.15, -0.1) is 0 Å². The zero-order chi connectivity index (χ0) is 10.4. The molecule has 14 heavy (non-hydrogen) atoms. The van der Waals surface area contributed by atoms with Crippen LogP contribution >= 0.6 is 0 Å². The summed E-state index contributed by atoms with van der Waals surface area (Å²) in [5.74, 6) is 0. The Morgan fingerprint density at radius 3 is 2.29 bits per heavy atom. The second-order valence-corrected chi connectivity index (χ2v) is 3.90. The summed E-state index contributed by atoms with van der Waals surface area (Å²) in [6.45, 7) is 8.07. The van der Waals surface area contributed by atoms with Crippen LogP contribution in [0.2, 0.25) is 0 Å². The first-order valence-electron chi connectivity index (χ1n) is 5.37. The molecule has 0 amide bonds. The third kappa shape index (κ3) is 3.93. The van der Waals surface area contributed by atoms with Crippen molar-refractivity contribution >= 4 is 0 Å². The predicted octanol–water partition coefficient (Wildman–Crippen LogP) is 3.62. The van der Waals surface area contributed by atoms with E-state index in [0.717, 1.165) is 19.6 Å². The summed E-state index contributed by atoms with van der Waals surface area (Å²) in [7, 11) is 0. The van der Waals surface area contributed by atoms with Crippen LogP contribution < -0.4 is 0 Å². The van der Waals surface area contributed by atoms with Gasteiger partial charge in [-0.05, 0) is 25.8 Å². The third-order valence-electron chi connectivity index (χ3n) is 2.19. The van der Waals surface area contributed by atoms with Gasteiger partial charge in [-0.1, -0.05) is 42.7 Å². The van der Waals surface area contributed by atoms with Gasteiger partial charge in [0.05, 0.1) is 6.61 Å². The normalized spacial score (nSPS) is 10.5. The van der Waals surface area contributed by atoms with E-state index in [9.17, 15) is 0 Å². The lowest BCUT2D eigenvalue weighted by molar-refractivity contribution is 0.118. The number of aryl methyl sites for hydroxylation is 2. The summed E-state index contributed by atoms with van der Waals surface area (Å²) >= 11 is 0. The van der Waals surface area contributed by atoms with Crippen molar-refractivity contribution in [1.82, 2.24) is 0 Å². The van der Waals surface area contributed by atoms with Crippen LogP contribution in [0.1, 0.15) is 36.5 Å². The second kappa shape index (κ2) is 5.82. The maximum atomic E-state index is 5.57. The summed E-state index contributed by atoms with van der Waals surface area (Å²) in [6, 6.07) is 6.58.